The predicted octanol–water partition coefficient (Wildman–Crippen LogP) is 1.88. The summed E-state index contributed by atoms with van der Waals surface area (Å²) >= 11 is 0. The van der Waals surface area contributed by atoms with Gasteiger partial charge in [0.05, 0.1) is 11.3 Å². The SMILES string of the molecule is CC1=NC(N2CC3CN(C(=O)c4cn(C)c5ccccc45)CC3C2)=NC(=O)C1F. The zero-order chi connectivity index (χ0) is 20.3. The molecule has 7 nitrogen and oxygen atoms in total. The minimum Gasteiger partial charge on any atom is -0.350 e. The van der Waals surface area contributed by atoms with Crippen LogP contribution in [0.4, 0.5) is 4.39 Å². The van der Waals surface area contributed by atoms with Crippen molar-refractivity contribution in [2.75, 3.05) is 26.2 Å². The third kappa shape index (κ3) is 2.85. The number of guanidine groups is 1. The quantitative estimate of drug-likeness (QED) is 0.740. The van der Waals surface area contributed by atoms with Crippen molar-refractivity contribution >= 4 is 34.4 Å². The first kappa shape index (κ1) is 18.0. The summed E-state index contributed by atoms with van der Waals surface area (Å²) in [5.41, 5.74) is 1.93. The van der Waals surface area contributed by atoms with Gasteiger partial charge in [0, 0.05) is 62.2 Å². The van der Waals surface area contributed by atoms with Gasteiger partial charge in [-0.1, -0.05) is 18.2 Å². The number of halogens is 1. The van der Waals surface area contributed by atoms with Crippen LogP contribution in [-0.2, 0) is 11.8 Å². The summed E-state index contributed by atoms with van der Waals surface area (Å²) in [4.78, 5) is 36.7. The van der Waals surface area contributed by atoms with E-state index >= 15 is 0 Å². The van der Waals surface area contributed by atoms with Gasteiger partial charge in [-0.05, 0) is 13.0 Å². The van der Waals surface area contributed by atoms with E-state index in [0.717, 1.165) is 16.5 Å². The summed E-state index contributed by atoms with van der Waals surface area (Å²) in [6.07, 6.45) is 0.176. The minimum absolute atomic E-state index is 0.0575. The van der Waals surface area contributed by atoms with Gasteiger partial charge in [-0.25, -0.2) is 9.38 Å². The summed E-state index contributed by atoms with van der Waals surface area (Å²) in [6.45, 7) is 4.18. The molecule has 5 rings (SSSR count). The number of aromatic nitrogens is 1. The molecule has 1 aromatic heterocycles. The molecule has 2 amide bonds. The molecule has 3 aliphatic rings. The van der Waals surface area contributed by atoms with Gasteiger partial charge in [0.1, 0.15) is 0 Å². The Morgan fingerprint density at radius 2 is 1.79 bits per heavy atom. The third-order valence-electron chi connectivity index (χ3n) is 6.25. The second-order valence-electron chi connectivity index (χ2n) is 8.17. The number of para-hydroxylation sites is 1. The van der Waals surface area contributed by atoms with Crippen LogP contribution in [0.15, 0.2) is 40.4 Å². The zero-order valence-electron chi connectivity index (χ0n) is 16.4. The molecular formula is C21H22FN5O2. The third-order valence-corrected chi connectivity index (χ3v) is 6.25. The number of nitrogens with zero attached hydrogens (tertiary/aromatic N) is 5. The highest BCUT2D eigenvalue weighted by Crippen LogP contribution is 2.33. The lowest BCUT2D eigenvalue weighted by Crippen LogP contribution is -2.38. The van der Waals surface area contributed by atoms with Gasteiger partial charge < -0.3 is 14.4 Å². The van der Waals surface area contributed by atoms with Gasteiger partial charge in [-0.15, -0.1) is 0 Å². The molecule has 0 N–H and O–H groups in total. The molecular weight excluding hydrogens is 373 g/mol. The fourth-order valence-corrected chi connectivity index (χ4v) is 4.72. The molecule has 3 atom stereocenters. The van der Waals surface area contributed by atoms with Crippen LogP contribution in [0.2, 0.25) is 0 Å². The molecule has 3 aliphatic heterocycles. The van der Waals surface area contributed by atoms with Crippen LogP contribution in [0, 0.1) is 11.8 Å². The molecule has 2 saturated heterocycles. The number of aliphatic imine (C=N–C) groups is 2. The topological polar surface area (TPSA) is 70.3 Å². The number of hydrogen-bond acceptors (Lipinski definition) is 4. The van der Waals surface area contributed by atoms with Crippen molar-refractivity contribution in [2.24, 2.45) is 28.9 Å². The fraction of sp³-hybridized carbons (Fsp3) is 0.429. The lowest BCUT2D eigenvalue weighted by atomic mass is 10.0. The van der Waals surface area contributed by atoms with Gasteiger partial charge in [-0.2, -0.15) is 4.99 Å². The van der Waals surface area contributed by atoms with E-state index in [2.05, 4.69) is 9.98 Å². The molecule has 2 aromatic rings. The first-order chi connectivity index (χ1) is 13.9. The van der Waals surface area contributed by atoms with Crippen molar-refractivity contribution in [3.63, 3.8) is 0 Å². The van der Waals surface area contributed by atoms with Gasteiger partial charge in [0.2, 0.25) is 12.1 Å². The van der Waals surface area contributed by atoms with Crippen molar-refractivity contribution in [2.45, 2.75) is 13.1 Å². The zero-order valence-corrected chi connectivity index (χ0v) is 16.4. The summed E-state index contributed by atoms with van der Waals surface area (Å²) in [5, 5.41) is 0.972. The number of benzene rings is 1. The second kappa shape index (κ2) is 6.50. The molecule has 1 aromatic carbocycles. The summed E-state index contributed by atoms with van der Waals surface area (Å²) in [5.74, 6) is 0.179. The highest BCUT2D eigenvalue weighted by atomic mass is 19.1. The van der Waals surface area contributed by atoms with Crippen molar-refractivity contribution in [3.8, 4) is 0 Å². The van der Waals surface area contributed by atoms with E-state index in [1.54, 1.807) is 0 Å². The highest BCUT2D eigenvalue weighted by Gasteiger charge is 2.43. The standard InChI is InChI=1S/C21H22FN5O2/c1-12-18(22)19(28)24-21(23-12)27-9-13-7-26(8-14(13)10-27)20(29)16-11-25(2)17-6-4-3-5-15(16)17/h3-6,11,13-14,18H,7-10H2,1-2H3. The van der Waals surface area contributed by atoms with E-state index in [9.17, 15) is 14.0 Å². The van der Waals surface area contributed by atoms with Crippen LogP contribution in [0.3, 0.4) is 0 Å². The van der Waals surface area contributed by atoms with Crippen LogP contribution in [0.5, 0.6) is 0 Å². The Bertz CT molecular complexity index is 1070. The smallest absolute Gasteiger partial charge is 0.289 e. The van der Waals surface area contributed by atoms with E-state index in [1.807, 2.05) is 51.9 Å². The van der Waals surface area contributed by atoms with E-state index in [4.69, 9.17) is 0 Å². The van der Waals surface area contributed by atoms with Crippen molar-refractivity contribution < 1.29 is 14.0 Å². The van der Waals surface area contributed by atoms with Crippen molar-refractivity contribution in [1.82, 2.24) is 14.4 Å². The van der Waals surface area contributed by atoms with Gasteiger partial charge in [0.25, 0.3) is 11.8 Å². The summed E-state index contributed by atoms with van der Waals surface area (Å²) in [6, 6.07) is 7.92. The first-order valence-corrected chi connectivity index (χ1v) is 9.82. The van der Waals surface area contributed by atoms with Crippen molar-refractivity contribution in [3.05, 3.63) is 36.0 Å². The fourth-order valence-electron chi connectivity index (χ4n) is 4.72. The number of alkyl halides is 1. The number of amides is 2. The average molecular weight is 395 g/mol. The summed E-state index contributed by atoms with van der Waals surface area (Å²) in [7, 11) is 1.95. The normalized spacial score (nSPS) is 26.7. The van der Waals surface area contributed by atoms with E-state index in [0.29, 0.717) is 44.0 Å². The van der Waals surface area contributed by atoms with Crippen LogP contribution in [0.1, 0.15) is 17.3 Å². The maximum atomic E-state index is 13.6. The largest absolute Gasteiger partial charge is 0.350 e. The van der Waals surface area contributed by atoms with Crippen LogP contribution in [-0.4, -0.2) is 70.2 Å². The van der Waals surface area contributed by atoms with Crippen molar-refractivity contribution in [1.29, 1.82) is 0 Å². The number of hydrogen-bond donors (Lipinski definition) is 0. The predicted molar refractivity (Wildman–Crippen MR) is 108 cm³/mol. The Labute approximate surface area is 167 Å². The summed E-state index contributed by atoms with van der Waals surface area (Å²) < 4.78 is 15.6. The molecule has 0 bridgehead atoms. The van der Waals surface area contributed by atoms with E-state index in [1.165, 1.54) is 6.92 Å². The van der Waals surface area contributed by atoms with E-state index in [-0.39, 0.29) is 11.6 Å². The Morgan fingerprint density at radius 1 is 1.10 bits per heavy atom. The Kier molecular flexibility index (Phi) is 4.04. The highest BCUT2D eigenvalue weighted by molar-refractivity contribution is 6.16. The van der Waals surface area contributed by atoms with Gasteiger partial charge >= 0.3 is 0 Å². The molecule has 0 spiro atoms. The number of carbonyl (C=O) groups is 2. The monoisotopic (exact) mass is 395 g/mol. The molecule has 150 valence electrons. The lowest BCUT2D eigenvalue weighted by Gasteiger charge is -2.24. The molecule has 2 fully saturated rings. The van der Waals surface area contributed by atoms with E-state index < -0.39 is 12.1 Å². The molecule has 0 saturated carbocycles. The maximum Gasteiger partial charge on any atom is 0.289 e. The minimum atomic E-state index is -1.73. The van der Waals surface area contributed by atoms with Crippen LogP contribution in [0.25, 0.3) is 10.9 Å². The number of likely N-dealkylation sites (tertiary alicyclic amines) is 2. The number of aryl methyl sites for hydroxylation is 1. The molecule has 29 heavy (non-hydrogen) atoms. The number of rotatable bonds is 1. The van der Waals surface area contributed by atoms with Crippen LogP contribution >= 0.6 is 0 Å². The van der Waals surface area contributed by atoms with Gasteiger partial charge in [-0.3, -0.25) is 9.59 Å². The lowest BCUT2D eigenvalue weighted by molar-refractivity contribution is -0.120. The Hall–Kier alpha value is -3.03. The maximum absolute atomic E-state index is 13.6. The Balaban J connectivity index is 1.31. The van der Waals surface area contributed by atoms with Gasteiger partial charge in [0.15, 0.2) is 0 Å². The Morgan fingerprint density at radius 3 is 2.48 bits per heavy atom. The van der Waals surface area contributed by atoms with Crippen LogP contribution < -0.4 is 0 Å². The first-order valence-electron chi connectivity index (χ1n) is 9.82. The number of fused-ring (bicyclic) bond motifs is 2. The molecule has 0 aliphatic carbocycles. The molecule has 4 heterocycles. The number of carbonyl (C=O) groups excluding carboxylic acids is 2. The second-order valence-corrected chi connectivity index (χ2v) is 8.17. The molecule has 3 unspecified atom stereocenters. The molecule has 8 heteroatoms. The average Bonchev–Trinajstić information content (AvgIpc) is 3.37. The molecule has 0 radical (unpaired) electrons.